The lowest BCUT2D eigenvalue weighted by atomic mass is 10.2. The third-order valence-electron chi connectivity index (χ3n) is 2.22. The fourth-order valence-corrected chi connectivity index (χ4v) is 1.39. The Morgan fingerprint density at radius 1 is 1.06 bits per heavy atom. The minimum absolute atomic E-state index is 0.524. The van der Waals surface area contributed by atoms with E-state index in [4.69, 9.17) is 9.47 Å². The van der Waals surface area contributed by atoms with Gasteiger partial charge in [-0.15, -0.1) is 0 Å². The van der Waals surface area contributed by atoms with Gasteiger partial charge in [0.1, 0.15) is 11.5 Å². The Kier molecular flexibility index (Phi) is 3.40. The van der Waals surface area contributed by atoms with Crippen molar-refractivity contribution in [3.63, 3.8) is 0 Å². The summed E-state index contributed by atoms with van der Waals surface area (Å²) < 4.78 is 10.4. The van der Waals surface area contributed by atoms with E-state index >= 15 is 0 Å². The molecule has 0 aliphatic heterocycles. The molecular formula is C12H13N3O2. The summed E-state index contributed by atoms with van der Waals surface area (Å²) in [7, 11) is 3.22. The number of anilines is 2. The molecule has 0 bridgehead atoms. The fourth-order valence-electron chi connectivity index (χ4n) is 1.39. The maximum absolute atomic E-state index is 5.26. The Balaban J connectivity index is 2.26. The molecule has 0 saturated carbocycles. The molecule has 0 atom stereocenters. The van der Waals surface area contributed by atoms with Gasteiger partial charge in [0.15, 0.2) is 0 Å². The van der Waals surface area contributed by atoms with Crippen molar-refractivity contribution in [1.29, 1.82) is 0 Å². The smallest absolute Gasteiger partial charge is 0.227 e. The Hall–Kier alpha value is -2.30. The maximum atomic E-state index is 5.26. The van der Waals surface area contributed by atoms with Gasteiger partial charge < -0.3 is 14.8 Å². The molecule has 0 aliphatic carbocycles. The summed E-state index contributed by atoms with van der Waals surface area (Å²) in [6.07, 6.45) is 3.34. The summed E-state index contributed by atoms with van der Waals surface area (Å²) >= 11 is 0. The molecule has 1 heterocycles. The lowest BCUT2D eigenvalue weighted by Crippen LogP contribution is -1.98. The normalized spacial score (nSPS) is 9.76. The van der Waals surface area contributed by atoms with Crippen LogP contribution >= 0.6 is 0 Å². The number of aromatic nitrogens is 2. The summed E-state index contributed by atoms with van der Waals surface area (Å²) in [6, 6.07) is 7.25. The number of nitrogens with zero attached hydrogens (tertiary/aromatic N) is 2. The summed E-state index contributed by atoms with van der Waals surface area (Å²) in [4.78, 5) is 8.17. The van der Waals surface area contributed by atoms with Gasteiger partial charge in [-0.2, -0.15) is 0 Å². The molecule has 1 aromatic heterocycles. The van der Waals surface area contributed by atoms with Gasteiger partial charge in [-0.25, -0.2) is 9.97 Å². The average Bonchev–Trinajstić information content (AvgIpc) is 2.40. The summed E-state index contributed by atoms with van der Waals surface area (Å²) in [5.74, 6) is 1.94. The molecule has 1 aromatic carbocycles. The topological polar surface area (TPSA) is 56.3 Å². The second-order valence-corrected chi connectivity index (χ2v) is 3.26. The van der Waals surface area contributed by atoms with Crippen LogP contribution in [-0.4, -0.2) is 24.2 Å². The highest BCUT2D eigenvalue weighted by atomic mass is 16.5. The largest absolute Gasteiger partial charge is 0.497 e. The molecule has 0 amide bonds. The minimum atomic E-state index is 0.524. The van der Waals surface area contributed by atoms with E-state index in [0.717, 1.165) is 11.4 Å². The highest BCUT2D eigenvalue weighted by Crippen LogP contribution is 2.30. The van der Waals surface area contributed by atoms with Crippen molar-refractivity contribution in [2.45, 2.75) is 0 Å². The SMILES string of the molecule is COc1ccc(Nc2ncccn2)c(OC)c1. The third kappa shape index (κ3) is 2.63. The second-order valence-electron chi connectivity index (χ2n) is 3.26. The van der Waals surface area contributed by atoms with Gasteiger partial charge in [-0.1, -0.05) is 0 Å². The Bertz CT molecular complexity index is 488. The van der Waals surface area contributed by atoms with Crippen molar-refractivity contribution in [1.82, 2.24) is 9.97 Å². The quantitative estimate of drug-likeness (QED) is 0.874. The molecule has 0 fully saturated rings. The van der Waals surface area contributed by atoms with E-state index in [1.807, 2.05) is 12.1 Å². The molecule has 0 aliphatic rings. The van der Waals surface area contributed by atoms with E-state index in [9.17, 15) is 0 Å². The molecule has 2 aromatic rings. The molecule has 5 nitrogen and oxygen atoms in total. The number of methoxy groups -OCH3 is 2. The highest BCUT2D eigenvalue weighted by Gasteiger charge is 2.05. The van der Waals surface area contributed by atoms with E-state index < -0.39 is 0 Å². The van der Waals surface area contributed by atoms with Gasteiger partial charge in [0.25, 0.3) is 0 Å². The second kappa shape index (κ2) is 5.16. The summed E-state index contributed by atoms with van der Waals surface area (Å²) in [5, 5.41) is 3.07. The van der Waals surface area contributed by atoms with Crippen LogP contribution in [0.1, 0.15) is 0 Å². The number of benzene rings is 1. The molecule has 1 N–H and O–H groups in total. The van der Waals surface area contributed by atoms with Crippen molar-refractivity contribution in [2.75, 3.05) is 19.5 Å². The molecule has 0 radical (unpaired) electrons. The van der Waals surface area contributed by atoms with Crippen LogP contribution in [-0.2, 0) is 0 Å². The van der Waals surface area contributed by atoms with E-state index in [2.05, 4.69) is 15.3 Å². The Morgan fingerprint density at radius 3 is 2.47 bits per heavy atom. The van der Waals surface area contributed by atoms with Crippen LogP contribution in [0.25, 0.3) is 0 Å². The molecule has 17 heavy (non-hydrogen) atoms. The van der Waals surface area contributed by atoms with Crippen molar-refractivity contribution in [3.05, 3.63) is 36.7 Å². The first-order chi connectivity index (χ1) is 8.33. The standard InChI is InChI=1S/C12H13N3O2/c1-16-9-4-5-10(11(8-9)17-2)15-12-13-6-3-7-14-12/h3-8H,1-2H3,(H,13,14,15). The number of hydrogen-bond donors (Lipinski definition) is 1. The number of ether oxygens (including phenoxy) is 2. The maximum Gasteiger partial charge on any atom is 0.227 e. The lowest BCUT2D eigenvalue weighted by molar-refractivity contribution is 0.395. The zero-order valence-electron chi connectivity index (χ0n) is 9.68. The summed E-state index contributed by atoms with van der Waals surface area (Å²) in [5.41, 5.74) is 0.791. The molecule has 0 spiro atoms. The van der Waals surface area contributed by atoms with Gasteiger partial charge in [0.05, 0.1) is 19.9 Å². The van der Waals surface area contributed by atoms with E-state index in [0.29, 0.717) is 11.7 Å². The van der Waals surface area contributed by atoms with Gasteiger partial charge in [0, 0.05) is 18.5 Å². The van der Waals surface area contributed by atoms with Crippen molar-refractivity contribution in [2.24, 2.45) is 0 Å². The number of hydrogen-bond acceptors (Lipinski definition) is 5. The van der Waals surface area contributed by atoms with Gasteiger partial charge in [0.2, 0.25) is 5.95 Å². The predicted octanol–water partition coefficient (Wildman–Crippen LogP) is 2.24. The van der Waals surface area contributed by atoms with E-state index in [-0.39, 0.29) is 0 Å². The lowest BCUT2D eigenvalue weighted by Gasteiger charge is -2.11. The van der Waals surface area contributed by atoms with Crippen LogP contribution in [0.2, 0.25) is 0 Å². The molecule has 88 valence electrons. The monoisotopic (exact) mass is 231 g/mol. The molecule has 0 saturated heterocycles. The van der Waals surface area contributed by atoms with Crippen molar-refractivity contribution in [3.8, 4) is 11.5 Å². The van der Waals surface area contributed by atoms with Gasteiger partial charge >= 0.3 is 0 Å². The highest BCUT2D eigenvalue weighted by molar-refractivity contribution is 5.64. The van der Waals surface area contributed by atoms with Crippen molar-refractivity contribution < 1.29 is 9.47 Å². The Morgan fingerprint density at radius 2 is 1.82 bits per heavy atom. The number of nitrogens with one attached hydrogen (secondary N) is 1. The number of rotatable bonds is 4. The zero-order chi connectivity index (χ0) is 12.1. The van der Waals surface area contributed by atoms with Gasteiger partial charge in [-0.05, 0) is 18.2 Å². The van der Waals surface area contributed by atoms with Crippen LogP contribution in [0.5, 0.6) is 11.5 Å². The van der Waals surface area contributed by atoms with Gasteiger partial charge in [-0.3, -0.25) is 0 Å². The predicted molar refractivity (Wildman–Crippen MR) is 64.9 cm³/mol. The third-order valence-corrected chi connectivity index (χ3v) is 2.22. The molecule has 2 rings (SSSR count). The molecule has 0 unspecified atom stereocenters. The van der Waals surface area contributed by atoms with Crippen LogP contribution in [0.3, 0.4) is 0 Å². The Labute approximate surface area is 99.4 Å². The van der Waals surface area contributed by atoms with Crippen molar-refractivity contribution >= 4 is 11.6 Å². The first-order valence-corrected chi connectivity index (χ1v) is 5.09. The zero-order valence-corrected chi connectivity index (χ0v) is 9.68. The van der Waals surface area contributed by atoms with E-state index in [1.54, 1.807) is 38.7 Å². The first kappa shape index (κ1) is 11.2. The molecular weight excluding hydrogens is 218 g/mol. The molecule has 5 heteroatoms. The first-order valence-electron chi connectivity index (χ1n) is 5.09. The van der Waals surface area contributed by atoms with Crippen LogP contribution in [0.15, 0.2) is 36.7 Å². The van der Waals surface area contributed by atoms with Crippen LogP contribution in [0.4, 0.5) is 11.6 Å². The van der Waals surface area contributed by atoms with Crippen LogP contribution < -0.4 is 14.8 Å². The fraction of sp³-hybridized carbons (Fsp3) is 0.167. The average molecular weight is 231 g/mol. The summed E-state index contributed by atoms with van der Waals surface area (Å²) in [6.45, 7) is 0. The van der Waals surface area contributed by atoms with E-state index in [1.165, 1.54) is 0 Å². The van der Waals surface area contributed by atoms with Crippen LogP contribution in [0, 0.1) is 0 Å². The minimum Gasteiger partial charge on any atom is -0.497 e.